The first kappa shape index (κ1) is 17.1. The van der Waals surface area contributed by atoms with Crippen molar-refractivity contribution in [3.8, 4) is 5.75 Å². The van der Waals surface area contributed by atoms with Gasteiger partial charge in [-0.15, -0.1) is 11.8 Å². The van der Waals surface area contributed by atoms with Gasteiger partial charge in [-0.1, -0.05) is 18.2 Å². The molecular formula is C17H22N2O4S. The number of benzene rings is 1. The third kappa shape index (κ3) is 3.67. The molecule has 2 saturated heterocycles. The van der Waals surface area contributed by atoms with Crippen LogP contribution in [0.2, 0.25) is 0 Å². The highest BCUT2D eigenvalue weighted by Gasteiger charge is 2.34. The van der Waals surface area contributed by atoms with E-state index in [2.05, 4.69) is 0 Å². The van der Waals surface area contributed by atoms with Gasteiger partial charge in [-0.25, -0.2) is 0 Å². The summed E-state index contributed by atoms with van der Waals surface area (Å²) in [6, 6.07) is 7.73. The van der Waals surface area contributed by atoms with Gasteiger partial charge >= 0.3 is 0 Å². The van der Waals surface area contributed by atoms with Crippen LogP contribution in [0, 0.1) is 0 Å². The second kappa shape index (κ2) is 7.90. The van der Waals surface area contributed by atoms with Crippen molar-refractivity contribution in [2.75, 3.05) is 45.7 Å². The maximum absolute atomic E-state index is 12.3. The van der Waals surface area contributed by atoms with Crippen molar-refractivity contribution in [3.05, 3.63) is 29.8 Å². The van der Waals surface area contributed by atoms with Crippen molar-refractivity contribution in [1.82, 2.24) is 9.80 Å². The lowest BCUT2D eigenvalue weighted by Gasteiger charge is -2.29. The van der Waals surface area contributed by atoms with Crippen LogP contribution < -0.4 is 4.74 Å². The zero-order chi connectivity index (χ0) is 16.9. The molecule has 1 aromatic rings. The van der Waals surface area contributed by atoms with E-state index in [4.69, 9.17) is 9.47 Å². The van der Waals surface area contributed by atoms with Crippen LogP contribution >= 0.6 is 11.8 Å². The molecule has 6 nitrogen and oxygen atoms in total. The van der Waals surface area contributed by atoms with Gasteiger partial charge in [0.1, 0.15) is 11.1 Å². The standard InChI is InChI=1S/C17H22N2O4S/c1-22-14-5-3-2-4-13(14)17-19(16(21)12-24-17)7-6-15(20)18-8-10-23-11-9-18/h2-5,17H,6-12H2,1H3. The van der Waals surface area contributed by atoms with Crippen LogP contribution in [0.5, 0.6) is 5.75 Å². The van der Waals surface area contributed by atoms with Crippen LogP contribution in [-0.2, 0) is 14.3 Å². The number of rotatable bonds is 5. The molecule has 0 N–H and O–H groups in total. The third-order valence-electron chi connectivity index (χ3n) is 4.30. The Morgan fingerprint density at radius 1 is 1.33 bits per heavy atom. The predicted molar refractivity (Wildman–Crippen MR) is 91.9 cm³/mol. The van der Waals surface area contributed by atoms with Crippen molar-refractivity contribution in [2.24, 2.45) is 0 Å². The highest BCUT2D eigenvalue weighted by molar-refractivity contribution is 8.00. The van der Waals surface area contributed by atoms with Crippen molar-refractivity contribution >= 4 is 23.6 Å². The molecule has 2 aliphatic heterocycles. The number of para-hydroxylation sites is 1. The smallest absolute Gasteiger partial charge is 0.233 e. The van der Waals surface area contributed by atoms with Gasteiger partial charge in [-0.3, -0.25) is 9.59 Å². The van der Waals surface area contributed by atoms with E-state index in [1.165, 1.54) is 0 Å². The lowest BCUT2D eigenvalue weighted by atomic mass is 10.1. The van der Waals surface area contributed by atoms with Gasteiger partial charge in [0.05, 0.1) is 26.1 Å². The first-order valence-electron chi connectivity index (χ1n) is 8.10. The summed E-state index contributed by atoms with van der Waals surface area (Å²) in [5, 5.41) is -0.0915. The normalized spacial score (nSPS) is 21.2. The molecule has 2 heterocycles. The van der Waals surface area contributed by atoms with Gasteiger partial charge in [0.2, 0.25) is 11.8 Å². The summed E-state index contributed by atoms with van der Waals surface area (Å²) in [5.41, 5.74) is 0.981. The maximum Gasteiger partial charge on any atom is 0.233 e. The second-order valence-corrected chi connectivity index (χ2v) is 6.80. The first-order chi connectivity index (χ1) is 11.7. The highest BCUT2D eigenvalue weighted by atomic mass is 32.2. The molecule has 2 aliphatic rings. The zero-order valence-corrected chi connectivity index (χ0v) is 14.6. The molecule has 7 heteroatoms. The Morgan fingerprint density at radius 2 is 2.08 bits per heavy atom. The fourth-order valence-corrected chi connectivity index (χ4v) is 4.25. The molecule has 1 unspecified atom stereocenters. The van der Waals surface area contributed by atoms with E-state index in [9.17, 15) is 9.59 Å². The number of amides is 2. The lowest BCUT2D eigenvalue weighted by molar-refractivity contribution is -0.136. The van der Waals surface area contributed by atoms with Gasteiger partial charge in [0, 0.05) is 31.6 Å². The summed E-state index contributed by atoms with van der Waals surface area (Å²) >= 11 is 1.58. The van der Waals surface area contributed by atoms with Gasteiger partial charge in [0.25, 0.3) is 0 Å². The second-order valence-electron chi connectivity index (χ2n) is 5.74. The summed E-state index contributed by atoms with van der Waals surface area (Å²) in [6.07, 6.45) is 0.345. The molecule has 0 bridgehead atoms. The lowest BCUT2D eigenvalue weighted by Crippen LogP contribution is -2.42. The molecule has 0 aromatic heterocycles. The molecule has 130 valence electrons. The van der Waals surface area contributed by atoms with Crippen molar-refractivity contribution in [3.63, 3.8) is 0 Å². The highest BCUT2D eigenvalue weighted by Crippen LogP contribution is 2.42. The van der Waals surface area contributed by atoms with E-state index in [0.29, 0.717) is 45.0 Å². The van der Waals surface area contributed by atoms with Crippen LogP contribution in [0.1, 0.15) is 17.4 Å². The number of methoxy groups -OCH3 is 1. The minimum Gasteiger partial charge on any atom is -0.496 e. The number of carbonyl (C=O) groups is 2. The molecule has 2 amide bonds. The third-order valence-corrected chi connectivity index (χ3v) is 5.54. The van der Waals surface area contributed by atoms with Gasteiger partial charge in [0.15, 0.2) is 0 Å². The van der Waals surface area contributed by atoms with Gasteiger partial charge < -0.3 is 19.3 Å². The SMILES string of the molecule is COc1ccccc1C1SCC(=O)N1CCC(=O)N1CCOCC1. The molecule has 0 radical (unpaired) electrons. The van der Waals surface area contributed by atoms with E-state index >= 15 is 0 Å². The topological polar surface area (TPSA) is 59.1 Å². The molecule has 3 rings (SSSR count). The molecule has 24 heavy (non-hydrogen) atoms. The average Bonchev–Trinajstić information content (AvgIpc) is 3.00. The summed E-state index contributed by atoms with van der Waals surface area (Å²) in [6.45, 7) is 2.89. The molecule has 0 saturated carbocycles. The van der Waals surface area contributed by atoms with Crippen LogP contribution in [-0.4, -0.2) is 67.3 Å². The summed E-state index contributed by atoms with van der Waals surface area (Å²) in [7, 11) is 1.63. The summed E-state index contributed by atoms with van der Waals surface area (Å²) < 4.78 is 10.7. The zero-order valence-electron chi connectivity index (χ0n) is 13.8. The minimum absolute atomic E-state index is 0.0747. The Kier molecular flexibility index (Phi) is 5.63. The largest absolute Gasteiger partial charge is 0.496 e. The fraction of sp³-hybridized carbons (Fsp3) is 0.529. The number of hydrogen-bond donors (Lipinski definition) is 0. The van der Waals surface area contributed by atoms with E-state index in [0.717, 1.165) is 11.3 Å². The van der Waals surface area contributed by atoms with Crippen molar-refractivity contribution < 1.29 is 19.1 Å². The molecular weight excluding hydrogens is 328 g/mol. The number of hydrogen-bond acceptors (Lipinski definition) is 5. The Balaban J connectivity index is 1.66. The van der Waals surface area contributed by atoms with Crippen LogP contribution in [0.4, 0.5) is 0 Å². The molecule has 0 spiro atoms. The summed E-state index contributed by atoms with van der Waals surface area (Å²) in [5.74, 6) is 1.37. The molecule has 2 fully saturated rings. The Labute approximate surface area is 146 Å². The predicted octanol–water partition coefficient (Wildman–Crippen LogP) is 1.52. The van der Waals surface area contributed by atoms with Crippen LogP contribution in [0.15, 0.2) is 24.3 Å². The van der Waals surface area contributed by atoms with E-state index < -0.39 is 0 Å². The number of carbonyl (C=O) groups excluding carboxylic acids is 2. The Bertz CT molecular complexity index is 604. The number of morpholine rings is 1. The molecule has 0 aliphatic carbocycles. The quantitative estimate of drug-likeness (QED) is 0.806. The minimum atomic E-state index is -0.0915. The molecule has 1 atom stereocenters. The van der Waals surface area contributed by atoms with Gasteiger partial charge in [-0.2, -0.15) is 0 Å². The van der Waals surface area contributed by atoms with E-state index in [-0.39, 0.29) is 17.2 Å². The van der Waals surface area contributed by atoms with Crippen LogP contribution in [0.25, 0.3) is 0 Å². The monoisotopic (exact) mass is 350 g/mol. The number of nitrogens with zero attached hydrogens (tertiary/aromatic N) is 2. The first-order valence-corrected chi connectivity index (χ1v) is 9.15. The summed E-state index contributed by atoms with van der Waals surface area (Å²) in [4.78, 5) is 28.2. The number of thioether (sulfide) groups is 1. The van der Waals surface area contributed by atoms with Crippen LogP contribution in [0.3, 0.4) is 0 Å². The maximum atomic E-state index is 12.3. The van der Waals surface area contributed by atoms with Crippen molar-refractivity contribution in [1.29, 1.82) is 0 Å². The number of ether oxygens (including phenoxy) is 2. The van der Waals surface area contributed by atoms with E-state index in [1.54, 1.807) is 23.8 Å². The Morgan fingerprint density at radius 3 is 2.83 bits per heavy atom. The fourth-order valence-electron chi connectivity index (χ4n) is 3.01. The van der Waals surface area contributed by atoms with Gasteiger partial charge in [-0.05, 0) is 6.07 Å². The Hall–Kier alpha value is -1.73. The molecule has 1 aromatic carbocycles. The van der Waals surface area contributed by atoms with Crippen molar-refractivity contribution in [2.45, 2.75) is 11.8 Å². The van der Waals surface area contributed by atoms with E-state index in [1.807, 2.05) is 29.2 Å². The average molecular weight is 350 g/mol.